The molecule has 1 amide bonds. The summed E-state index contributed by atoms with van der Waals surface area (Å²) in [4.78, 5) is 33.2. The van der Waals surface area contributed by atoms with E-state index in [1.54, 1.807) is 12.3 Å². The Morgan fingerprint density at radius 2 is 1.90 bits per heavy atom. The second-order valence-electron chi connectivity index (χ2n) is 8.56. The van der Waals surface area contributed by atoms with Crippen molar-refractivity contribution in [3.63, 3.8) is 0 Å². The standard InChI is InChI=1S/C24H29N5O2/c1-17-9-8-14-29-21(17)27-22(28-12-6-3-7-13-28)20(24(29)31)15-18(16-25)23(30)26-19-10-4-2-5-11-19/h8-9,14-15,19H,2-7,10-13H2,1H3,(H,26,30)/b18-15+. The van der Waals surface area contributed by atoms with Crippen LogP contribution in [0.2, 0.25) is 0 Å². The van der Waals surface area contributed by atoms with Crippen LogP contribution < -0.4 is 15.8 Å². The summed E-state index contributed by atoms with van der Waals surface area (Å²) in [6.45, 7) is 3.55. The molecule has 1 saturated heterocycles. The van der Waals surface area contributed by atoms with E-state index < -0.39 is 5.91 Å². The quantitative estimate of drug-likeness (QED) is 0.606. The van der Waals surface area contributed by atoms with Crippen LogP contribution in [0.15, 0.2) is 28.7 Å². The summed E-state index contributed by atoms with van der Waals surface area (Å²) < 4.78 is 1.50. The number of nitriles is 1. The molecule has 7 heteroatoms. The molecule has 2 aromatic heterocycles. The highest BCUT2D eigenvalue weighted by Gasteiger charge is 2.23. The van der Waals surface area contributed by atoms with Crippen molar-refractivity contribution in [2.24, 2.45) is 0 Å². The number of pyridine rings is 1. The SMILES string of the molecule is Cc1cccn2c(=O)c(/C=C(\C#N)C(=O)NC3CCCCC3)c(N3CCCCC3)nc12. The van der Waals surface area contributed by atoms with Crippen LogP contribution >= 0.6 is 0 Å². The smallest absolute Gasteiger partial charge is 0.267 e. The average molecular weight is 420 g/mol. The zero-order valence-corrected chi connectivity index (χ0v) is 18.1. The molecule has 0 bridgehead atoms. The number of nitrogens with zero attached hydrogens (tertiary/aromatic N) is 4. The molecule has 4 rings (SSSR count). The summed E-state index contributed by atoms with van der Waals surface area (Å²) >= 11 is 0. The summed E-state index contributed by atoms with van der Waals surface area (Å²) in [6, 6.07) is 5.84. The lowest BCUT2D eigenvalue weighted by molar-refractivity contribution is -0.117. The van der Waals surface area contributed by atoms with Gasteiger partial charge in [-0.1, -0.05) is 25.3 Å². The van der Waals surface area contributed by atoms with Gasteiger partial charge in [0.25, 0.3) is 11.5 Å². The van der Waals surface area contributed by atoms with Gasteiger partial charge >= 0.3 is 0 Å². The van der Waals surface area contributed by atoms with Crippen molar-refractivity contribution in [3.8, 4) is 6.07 Å². The number of piperidine rings is 1. The van der Waals surface area contributed by atoms with Crippen LogP contribution in [0.3, 0.4) is 0 Å². The van der Waals surface area contributed by atoms with Crippen molar-refractivity contribution >= 4 is 23.4 Å². The number of anilines is 1. The van der Waals surface area contributed by atoms with Gasteiger partial charge in [0, 0.05) is 25.3 Å². The van der Waals surface area contributed by atoms with Crippen LogP contribution in [0.5, 0.6) is 0 Å². The second-order valence-corrected chi connectivity index (χ2v) is 8.56. The number of carbonyl (C=O) groups is 1. The summed E-state index contributed by atoms with van der Waals surface area (Å²) in [5.74, 6) is 0.157. The van der Waals surface area contributed by atoms with Gasteiger partial charge in [-0.3, -0.25) is 14.0 Å². The van der Waals surface area contributed by atoms with Gasteiger partial charge < -0.3 is 10.2 Å². The molecule has 2 fully saturated rings. The van der Waals surface area contributed by atoms with Gasteiger partial charge in [0.15, 0.2) is 0 Å². The molecule has 2 aromatic rings. The number of hydrogen-bond acceptors (Lipinski definition) is 5. The lowest BCUT2D eigenvalue weighted by Gasteiger charge is -2.29. The molecule has 0 aromatic carbocycles. The molecule has 2 aliphatic rings. The predicted octanol–water partition coefficient (Wildman–Crippen LogP) is 3.35. The molecule has 162 valence electrons. The Morgan fingerprint density at radius 1 is 1.19 bits per heavy atom. The number of hydrogen-bond donors (Lipinski definition) is 1. The van der Waals surface area contributed by atoms with Crippen LogP contribution in [0, 0.1) is 18.3 Å². The maximum absolute atomic E-state index is 13.4. The topological polar surface area (TPSA) is 90.5 Å². The van der Waals surface area contributed by atoms with E-state index in [9.17, 15) is 14.9 Å². The molecule has 3 heterocycles. The summed E-state index contributed by atoms with van der Waals surface area (Å²) in [5.41, 5.74) is 1.52. The van der Waals surface area contributed by atoms with E-state index in [0.717, 1.165) is 63.6 Å². The fraction of sp³-hybridized carbons (Fsp3) is 0.500. The first kappa shape index (κ1) is 21.1. The van der Waals surface area contributed by atoms with Gasteiger partial charge in [-0.2, -0.15) is 5.26 Å². The fourth-order valence-electron chi connectivity index (χ4n) is 4.58. The zero-order chi connectivity index (χ0) is 21.8. The molecular weight excluding hydrogens is 390 g/mol. The number of nitrogens with one attached hydrogen (secondary N) is 1. The van der Waals surface area contributed by atoms with Gasteiger partial charge in [0.1, 0.15) is 23.1 Å². The van der Waals surface area contributed by atoms with Crippen molar-refractivity contribution in [2.75, 3.05) is 18.0 Å². The molecule has 1 saturated carbocycles. The van der Waals surface area contributed by atoms with Crippen LogP contribution in [0.4, 0.5) is 5.82 Å². The third-order valence-electron chi connectivity index (χ3n) is 6.31. The Balaban J connectivity index is 1.78. The fourth-order valence-corrected chi connectivity index (χ4v) is 4.58. The Kier molecular flexibility index (Phi) is 6.36. The van der Waals surface area contributed by atoms with Crippen LogP contribution in [0.1, 0.15) is 62.5 Å². The first-order chi connectivity index (χ1) is 15.1. The van der Waals surface area contributed by atoms with E-state index >= 15 is 0 Å². The molecule has 1 aliphatic carbocycles. The maximum Gasteiger partial charge on any atom is 0.267 e. The molecule has 31 heavy (non-hydrogen) atoms. The molecule has 0 unspecified atom stereocenters. The Bertz CT molecular complexity index is 1100. The first-order valence-electron chi connectivity index (χ1n) is 11.3. The minimum Gasteiger partial charge on any atom is -0.356 e. The molecule has 1 N–H and O–H groups in total. The van der Waals surface area contributed by atoms with Crippen LogP contribution in [0.25, 0.3) is 11.7 Å². The maximum atomic E-state index is 13.4. The molecule has 0 spiro atoms. The number of rotatable bonds is 4. The lowest BCUT2D eigenvalue weighted by Crippen LogP contribution is -2.37. The van der Waals surface area contributed by atoms with Crippen molar-refractivity contribution in [1.29, 1.82) is 5.26 Å². The van der Waals surface area contributed by atoms with E-state index in [-0.39, 0.29) is 17.2 Å². The number of carbonyl (C=O) groups excluding carboxylic acids is 1. The normalized spacial score (nSPS) is 18.1. The van der Waals surface area contributed by atoms with E-state index in [1.165, 1.54) is 16.9 Å². The van der Waals surface area contributed by atoms with E-state index in [1.807, 2.05) is 19.1 Å². The van der Waals surface area contributed by atoms with Crippen molar-refractivity contribution in [2.45, 2.75) is 64.3 Å². The third kappa shape index (κ3) is 4.48. The van der Waals surface area contributed by atoms with Crippen molar-refractivity contribution < 1.29 is 4.79 Å². The molecule has 7 nitrogen and oxygen atoms in total. The van der Waals surface area contributed by atoms with Crippen LogP contribution in [-0.2, 0) is 4.79 Å². The zero-order valence-electron chi connectivity index (χ0n) is 18.1. The first-order valence-corrected chi connectivity index (χ1v) is 11.3. The van der Waals surface area contributed by atoms with Gasteiger partial charge in [0.05, 0.1) is 5.56 Å². The van der Waals surface area contributed by atoms with Gasteiger partial charge in [-0.15, -0.1) is 0 Å². The number of fused-ring (bicyclic) bond motifs is 1. The third-order valence-corrected chi connectivity index (χ3v) is 6.31. The van der Waals surface area contributed by atoms with E-state index in [2.05, 4.69) is 10.2 Å². The highest BCUT2D eigenvalue weighted by molar-refractivity contribution is 6.02. The lowest BCUT2D eigenvalue weighted by atomic mass is 9.95. The Hall–Kier alpha value is -3.14. The molecule has 0 radical (unpaired) electrons. The van der Waals surface area contributed by atoms with Crippen molar-refractivity contribution in [3.05, 3.63) is 45.4 Å². The summed E-state index contributed by atoms with van der Waals surface area (Å²) in [5, 5.41) is 12.7. The van der Waals surface area contributed by atoms with E-state index in [4.69, 9.17) is 4.98 Å². The predicted molar refractivity (Wildman–Crippen MR) is 121 cm³/mol. The average Bonchev–Trinajstić information content (AvgIpc) is 2.80. The van der Waals surface area contributed by atoms with Gasteiger partial charge in [0.2, 0.25) is 0 Å². The highest BCUT2D eigenvalue weighted by atomic mass is 16.2. The molecule has 1 aliphatic heterocycles. The van der Waals surface area contributed by atoms with Gasteiger partial charge in [-0.25, -0.2) is 4.98 Å². The largest absolute Gasteiger partial charge is 0.356 e. The molecular formula is C24H29N5O2. The minimum absolute atomic E-state index is 0.0460. The number of aromatic nitrogens is 2. The Labute approximate surface area is 182 Å². The van der Waals surface area contributed by atoms with Crippen molar-refractivity contribution in [1.82, 2.24) is 14.7 Å². The summed E-state index contributed by atoms with van der Waals surface area (Å²) in [6.07, 6.45) is 11.6. The van der Waals surface area contributed by atoms with Crippen LogP contribution in [-0.4, -0.2) is 34.4 Å². The second kappa shape index (κ2) is 9.34. The number of aryl methyl sites for hydroxylation is 1. The van der Waals surface area contributed by atoms with Gasteiger partial charge in [-0.05, 0) is 56.7 Å². The monoisotopic (exact) mass is 419 g/mol. The van der Waals surface area contributed by atoms with E-state index in [0.29, 0.717) is 17.0 Å². The molecule has 0 atom stereocenters. The Morgan fingerprint density at radius 3 is 2.61 bits per heavy atom. The number of amides is 1. The minimum atomic E-state index is -0.410. The summed E-state index contributed by atoms with van der Waals surface area (Å²) in [7, 11) is 0. The highest BCUT2D eigenvalue weighted by Crippen LogP contribution is 2.24.